The van der Waals surface area contributed by atoms with Crippen molar-refractivity contribution < 1.29 is 24.2 Å². The molecule has 0 saturated carbocycles. The number of carbonyl (C=O) groups excluding carboxylic acids is 2. The average molecular weight is 899 g/mol. The number of esters is 2. The second-order valence-electron chi connectivity index (χ2n) is 19.9. The van der Waals surface area contributed by atoms with Crippen LogP contribution in [0.3, 0.4) is 0 Å². The number of aliphatic hydroxyl groups is 1. The van der Waals surface area contributed by atoms with Crippen molar-refractivity contribution in [3.05, 3.63) is 83.5 Å². The van der Waals surface area contributed by atoms with Crippen LogP contribution in [0.5, 0.6) is 0 Å². The van der Waals surface area contributed by atoms with Crippen LogP contribution >= 0.6 is 0 Å². The van der Waals surface area contributed by atoms with Gasteiger partial charge in [0.1, 0.15) is 18.3 Å². The first kappa shape index (κ1) is 52.1. The number of methoxy groups -OCH3 is 1. The monoisotopic (exact) mass is 898 g/mol. The van der Waals surface area contributed by atoms with Crippen molar-refractivity contribution in [1.82, 2.24) is 20.3 Å². The predicted molar refractivity (Wildman–Crippen MR) is 265 cm³/mol. The van der Waals surface area contributed by atoms with Crippen LogP contribution in [0.25, 0.3) is 29.6 Å². The topological polar surface area (TPSA) is 127 Å². The summed E-state index contributed by atoms with van der Waals surface area (Å²) in [6.07, 6.45) is 22.0. The number of allylic oxidation sites excluding steroid dienone is 2. The summed E-state index contributed by atoms with van der Waals surface area (Å²) >= 11 is 0. The molecule has 1 unspecified atom stereocenters. The van der Waals surface area contributed by atoms with E-state index in [1.807, 2.05) is 13.0 Å². The summed E-state index contributed by atoms with van der Waals surface area (Å²) in [5.74, 6) is 0.299. The maximum atomic E-state index is 13.7. The number of ether oxygens (including phenoxy) is 2. The summed E-state index contributed by atoms with van der Waals surface area (Å²) in [5.41, 5.74) is 10.7. The molecule has 1 fully saturated rings. The molecule has 350 valence electrons. The molecule has 6 atom stereocenters. The van der Waals surface area contributed by atoms with Crippen LogP contribution in [0.15, 0.2) is 17.3 Å². The second kappa shape index (κ2) is 23.2. The SMILES string of the molecule is CCc1c2[n-]c(c1C)/C=C1\NC(C3=c4[n-]c(c(C)c4=C(O)[C@@H]3C(=O)OC)/C=c3\[n-]/c(c(C)c3CC)=C\2)[C@@H](CCC(=O)OC/C=C(\C)CCC[C@H](C)CCC[C@H](C)CCCC(C)C)[C@@H]1C.[Mg+2]. The van der Waals surface area contributed by atoms with Crippen LogP contribution in [0.2, 0.25) is 0 Å². The van der Waals surface area contributed by atoms with Gasteiger partial charge in [0.05, 0.1) is 13.2 Å². The maximum absolute atomic E-state index is 13.7. The standard InChI is InChI=1S/C55H77N4O5.Mg/c1-13-39-35(8)42-28-44-37(10)41(24-25-48(60)64-27-26-34(7)23-17-22-33(6)21-16-20-32(5)19-15-18-31(3)4)52(58-44)50-51(55(62)63-12)54(61)49-38(11)45(59-53(49)50)30-47-40(14-2)36(9)43(57-47)29-46(39)56-42;/h26,28-33,37,41,51-52,58,61H,13-25,27H2,1-12H3;/q-3;+2/b34-26+,43-29-,44-28-,47-30-;/t32-,33-,37+,41+,51-,52?;/m1./s1. The van der Waals surface area contributed by atoms with Crippen molar-refractivity contribution >= 4 is 64.6 Å². The van der Waals surface area contributed by atoms with Crippen LogP contribution in [-0.4, -0.2) is 59.9 Å². The second-order valence-corrected chi connectivity index (χ2v) is 19.9. The minimum Gasteiger partial charge on any atom is -0.657 e. The molecule has 65 heavy (non-hydrogen) atoms. The van der Waals surface area contributed by atoms with E-state index >= 15 is 0 Å². The summed E-state index contributed by atoms with van der Waals surface area (Å²) in [5, 5.41) is 18.6. The van der Waals surface area contributed by atoms with Crippen LogP contribution in [0.1, 0.15) is 171 Å². The minimum absolute atomic E-state index is 0. The van der Waals surface area contributed by atoms with Gasteiger partial charge in [-0.05, 0) is 95.1 Å². The number of hydrogen-bond donors (Lipinski definition) is 2. The number of nitrogens with zero attached hydrogens (tertiary/aromatic N) is 3. The zero-order valence-electron chi connectivity index (χ0n) is 41.9. The summed E-state index contributed by atoms with van der Waals surface area (Å²) in [6.45, 7) is 24.5. The van der Waals surface area contributed by atoms with E-state index in [0.717, 1.165) is 93.5 Å². The number of aliphatic hydroxyl groups excluding tert-OH is 1. The number of hydrogen-bond acceptors (Lipinski definition) is 6. The summed E-state index contributed by atoms with van der Waals surface area (Å²) in [4.78, 5) is 42.6. The van der Waals surface area contributed by atoms with Crippen molar-refractivity contribution in [3.63, 3.8) is 0 Å². The third-order valence-electron chi connectivity index (χ3n) is 14.8. The van der Waals surface area contributed by atoms with E-state index in [4.69, 9.17) is 24.4 Å². The van der Waals surface area contributed by atoms with Crippen LogP contribution < -0.4 is 41.5 Å². The molecular weight excluding hydrogens is 821 g/mol. The molecule has 10 heteroatoms. The Kier molecular flexibility index (Phi) is 18.6. The molecule has 5 heterocycles. The fourth-order valence-corrected chi connectivity index (χ4v) is 10.7. The Labute approximate surface area is 405 Å². The first-order valence-corrected chi connectivity index (χ1v) is 24.6. The van der Waals surface area contributed by atoms with Crippen molar-refractivity contribution in [2.45, 2.75) is 166 Å². The van der Waals surface area contributed by atoms with Gasteiger partial charge in [-0.2, -0.15) is 0 Å². The average Bonchev–Trinajstić information content (AvgIpc) is 3.99. The fraction of sp³-hybridized carbons (Fsp3) is 0.600. The van der Waals surface area contributed by atoms with Crippen molar-refractivity contribution in [3.8, 4) is 0 Å². The summed E-state index contributed by atoms with van der Waals surface area (Å²) < 4.78 is 11.2. The molecule has 3 aliphatic rings. The normalized spacial score (nSPS) is 21.7. The van der Waals surface area contributed by atoms with Crippen molar-refractivity contribution in [2.24, 2.45) is 35.5 Å². The molecule has 3 aromatic rings. The molecule has 0 amide bonds. The molecular formula is C55H77MgN4O5-. The van der Waals surface area contributed by atoms with Gasteiger partial charge in [0.15, 0.2) is 0 Å². The molecule has 0 radical (unpaired) electrons. The van der Waals surface area contributed by atoms with Gasteiger partial charge in [-0.1, -0.05) is 145 Å². The van der Waals surface area contributed by atoms with E-state index in [-0.39, 0.29) is 59.6 Å². The van der Waals surface area contributed by atoms with Gasteiger partial charge >= 0.3 is 35.0 Å². The molecule has 3 aromatic heterocycles. The van der Waals surface area contributed by atoms with E-state index in [0.29, 0.717) is 28.3 Å². The van der Waals surface area contributed by atoms with E-state index in [2.05, 4.69) is 92.8 Å². The van der Waals surface area contributed by atoms with Gasteiger partial charge in [0, 0.05) is 23.3 Å². The Morgan fingerprint density at radius 1 is 0.800 bits per heavy atom. The van der Waals surface area contributed by atoms with Crippen molar-refractivity contribution in [2.75, 3.05) is 13.7 Å². The summed E-state index contributed by atoms with van der Waals surface area (Å²) in [6, 6.07) is -0.427. The van der Waals surface area contributed by atoms with Gasteiger partial charge in [-0.15, -0.1) is 33.1 Å². The van der Waals surface area contributed by atoms with E-state index in [1.165, 1.54) is 63.2 Å². The van der Waals surface area contributed by atoms with Crippen LogP contribution in [0.4, 0.5) is 0 Å². The van der Waals surface area contributed by atoms with E-state index in [1.54, 1.807) is 0 Å². The predicted octanol–water partition coefficient (Wildman–Crippen LogP) is 7.79. The quantitative estimate of drug-likeness (QED) is 0.0664. The molecule has 0 spiro atoms. The zero-order valence-corrected chi connectivity index (χ0v) is 43.3. The van der Waals surface area contributed by atoms with E-state index < -0.39 is 17.9 Å². The number of nitrogens with one attached hydrogen (secondary N) is 1. The van der Waals surface area contributed by atoms with Crippen LogP contribution in [-0.2, 0) is 31.9 Å². The molecule has 2 aliphatic heterocycles. The van der Waals surface area contributed by atoms with Gasteiger partial charge in [-0.25, -0.2) is 0 Å². The summed E-state index contributed by atoms with van der Waals surface area (Å²) in [7, 11) is 1.35. The van der Waals surface area contributed by atoms with Gasteiger partial charge < -0.3 is 34.8 Å². The molecule has 8 bridgehead atoms. The fourth-order valence-electron chi connectivity index (χ4n) is 10.7. The number of fused-ring (bicyclic) bond motifs is 8. The number of rotatable bonds is 20. The van der Waals surface area contributed by atoms with Gasteiger partial charge in [0.2, 0.25) is 0 Å². The smallest absolute Gasteiger partial charge is 0.657 e. The Morgan fingerprint density at radius 2 is 1.43 bits per heavy atom. The Bertz CT molecular complexity index is 2480. The molecule has 1 saturated heterocycles. The molecule has 6 rings (SSSR count). The minimum atomic E-state index is -1.03. The first-order valence-electron chi connectivity index (χ1n) is 24.6. The third-order valence-corrected chi connectivity index (χ3v) is 14.8. The largest absolute Gasteiger partial charge is 2.00 e. The van der Waals surface area contributed by atoms with Crippen molar-refractivity contribution in [1.29, 1.82) is 0 Å². The number of aromatic nitrogens is 3. The maximum Gasteiger partial charge on any atom is 2.00 e. The molecule has 2 N–H and O–H groups in total. The Hall–Kier alpha value is -3.89. The Morgan fingerprint density at radius 3 is 2.08 bits per heavy atom. The van der Waals surface area contributed by atoms with Gasteiger partial charge in [-0.3, -0.25) is 9.59 Å². The number of carbonyl (C=O) groups is 2. The zero-order chi connectivity index (χ0) is 46.4. The van der Waals surface area contributed by atoms with E-state index in [9.17, 15) is 14.7 Å². The molecule has 1 aliphatic carbocycles. The third kappa shape index (κ3) is 11.8. The molecule has 0 aromatic carbocycles. The van der Waals surface area contributed by atoms with Crippen LogP contribution in [0, 0.1) is 56.3 Å². The Balaban J connectivity index is 0.00000793. The first-order chi connectivity index (χ1) is 30.6. The molecule has 9 nitrogen and oxygen atoms in total. The van der Waals surface area contributed by atoms with Gasteiger partial charge in [0.25, 0.3) is 0 Å².